The average Bonchev–Trinajstić information content (AvgIpc) is 3.23. The van der Waals surface area contributed by atoms with E-state index >= 15 is 0 Å². The molecule has 0 bridgehead atoms. The smallest absolute Gasteiger partial charge is 0.409 e. The molecule has 4 amide bonds. The second kappa shape index (κ2) is 12.9. The topological polar surface area (TPSA) is 119 Å². The van der Waals surface area contributed by atoms with Crippen molar-refractivity contribution in [2.45, 2.75) is 78.6 Å². The Morgan fingerprint density at radius 2 is 1.82 bits per heavy atom. The highest BCUT2D eigenvalue weighted by molar-refractivity contribution is 6.38. The van der Waals surface area contributed by atoms with Gasteiger partial charge in [-0.25, -0.2) is 14.0 Å². The first kappa shape index (κ1) is 30.6. The summed E-state index contributed by atoms with van der Waals surface area (Å²) >= 11 is 0. The van der Waals surface area contributed by atoms with Gasteiger partial charge in [-0.2, -0.15) is 0 Å². The number of ketones is 1. The van der Waals surface area contributed by atoms with Gasteiger partial charge >= 0.3 is 12.1 Å². The Hall–Kier alpha value is -3.95. The molecule has 3 N–H and O–H groups in total. The molecule has 40 heavy (non-hydrogen) atoms. The number of carboxylic acid groups (broad SMARTS) is 1. The van der Waals surface area contributed by atoms with Crippen LogP contribution in [0.15, 0.2) is 48.5 Å². The fraction of sp³-hybridized carbons (Fsp3) is 0.467. The number of likely N-dealkylation sites (tertiary alicyclic amines) is 1. The number of anilines is 1. The number of hydrogen-bond donors (Lipinski definition) is 3. The van der Waals surface area contributed by atoms with Crippen molar-refractivity contribution in [3.63, 3.8) is 0 Å². The lowest BCUT2D eigenvalue weighted by atomic mass is 9.91. The van der Waals surface area contributed by atoms with Gasteiger partial charge in [0.1, 0.15) is 18.0 Å². The molecular formula is C30H39FN4O5. The number of rotatable bonds is 10. The molecule has 2 aromatic carbocycles. The number of aryl methyl sites for hydroxylation is 1. The van der Waals surface area contributed by atoms with Gasteiger partial charge in [0.05, 0.1) is 6.04 Å². The normalized spacial score (nSPS) is 17.6. The molecule has 1 saturated heterocycles. The molecule has 0 spiro atoms. The summed E-state index contributed by atoms with van der Waals surface area (Å²) in [4.78, 5) is 55.2. The molecule has 9 nitrogen and oxygen atoms in total. The molecule has 2 aromatic rings. The van der Waals surface area contributed by atoms with Gasteiger partial charge in [0.2, 0.25) is 5.78 Å². The van der Waals surface area contributed by atoms with E-state index in [-0.39, 0.29) is 25.1 Å². The highest BCUT2D eigenvalue weighted by Gasteiger charge is 2.48. The zero-order valence-corrected chi connectivity index (χ0v) is 23.7. The van der Waals surface area contributed by atoms with Gasteiger partial charge in [0.15, 0.2) is 0 Å². The number of benzene rings is 2. The third kappa shape index (κ3) is 7.37. The standard InChI is InChI=1S/C30H39FN4O5/c1-6-7-13-24(26(36)27(37)32-20(3)21-11-9-8-10-12-21)35(29(39)40)25-17-30(4,5)18-34(25)28(38)33-23-16-22(31)15-14-19(23)2/h8-12,14-16,20,24-25H,6-7,13,17-18H2,1-5H3,(H,32,37)(H,33,38)(H,39,40)/t20?,24-,25?/m0/s1. The first-order valence-corrected chi connectivity index (χ1v) is 13.6. The number of amides is 4. The minimum atomic E-state index is -1.40. The highest BCUT2D eigenvalue weighted by atomic mass is 19.1. The largest absolute Gasteiger partial charge is 0.465 e. The van der Waals surface area contributed by atoms with Gasteiger partial charge in [0.25, 0.3) is 5.91 Å². The predicted octanol–water partition coefficient (Wildman–Crippen LogP) is 5.71. The number of Topliss-reactive ketones (excluding diaryl/α,β-unsaturated/α-hetero) is 1. The van der Waals surface area contributed by atoms with E-state index in [1.165, 1.54) is 23.1 Å². The molecule has 1 aliphatic rings. The Bertz CT molecular complexity index is 1240. The van der Waals surface area contributed by atoms with Crippen LogP contribution in [0.2, 0.25) is 0 Å². The summed E-state index contributed by atoms with van der Waals surface area (Å²) in [5.74, 6) is -2.27. The fourth-order valence-corrected chi connectivity index (χ4v) is 5.11. The SMILES string of the molecule is CCCC[C@@H](C(=O)C(=O)NC(C)c1ccccc1)N(C(=O)O)C1CC(C)(C)CN1C(=O)Nc1cc(F)ccc1C. The number of carbonyl (C=O) groups excluding carboxylic acids is 3. The second-order valence-corrected chi connectivity index (χ2v) is 11.2. The van der Waals surface area contributed by atoms with Crippen LogP contribution in [0.5, 0.6) is 0 Å². The van der Waals surface area contributed by atoms with Crippen LogP contribution in [0.3, 0.4) is 0 Å². The summed E-state index contributed by atoms with van der Waals surface area (Å²) in [6.45, 7) is 9.38. The molecule has 10 heteroatoms. The van der Waals surface area contributed by atoms with Crippen LogP contribution in [-0.4, -0.2) is 57.5 Å². The number of urea groups is 1. The molecule has 3 atom stereocenters. The monoisotopic (exact) mass is 554 g/mol. The van der Waals surface area contributed by atoms with Crippen LogP contribution in [0.4, 0.5) is 19.7 Å². The van der Waals surface area contributed by atoms with Crippen LogP contribution >= 0.6 is 0 Å². The molecule has 216 valence electrons. The minimum Gasteiger partial charge on any atom is -0.465 e. The molecule has 1 heterocycles. The number of nitrogens with zero attached hydrogens (tertiary/aromatic N) is 2. The number of carbonyl (C=O) groups is 4. The van der Waals surface area contributed by atoms with Crippen LogP contribution in [0, 0.1) is 18.2 Å². The second-order valence-electron chi connectivity index (χ2n) is 11.2. The minimum absolute atomic E-state index is 0.129. The lowest BCUT2D eigenvalue weighted by molar-refractivity contribution is -0.142. The van der Waals surface area contributed by atoms with Gasteiger partial charge in [-0.3, -0.25) is 14.5 Å². The molecule has 2 unspecified atom stereocenters. The lowest BCUT2D eigenvalue weighted by Crippen LogP contribution is -2.58. The maximum absolute atomic E-state index is 13.9. The lowest BCUT2D eigenvalue weighted by Gasteiger charge is -2.37. The highest BCUT2D eigenvalue weighted by Crippen LogP contribution is 2.37. The summed E-state index contributed by atoms with van der Waals surface area (Å²) in [6.07, 6.45) is -0.839. The van der Waals surface area contributed by atoms with Crippen molar-refractivity contribution >= 4 is 29.5 Å². The molecule has 1 aliphatic heterocycles. The maximum atomic E-state index is 13.9. The van der Waals surface area contributed by atoms with E-state index in [0.29, 0.717) is 18.4 Å². The predicted molar refractivity (Wildman–Crippen MR) is 150 cm³/mol. The molecule has 0 aliphatic carbocycles. The van der Waals surface area contributed by atoms with Crippen molar-refractivity contribution in [3.8, 4) is 0 Å². The molecule has 0 aromatic heterocycles. The van der Waals surface area contributed by atoms with E-state index in [2.05, 4.69) is 10.6 Å². The summed E-state index contributed by atoms with van der Waals surface area (Å²) < 4.78 is 13.9. The van der Waals surface area contributed by atoms with Crippen molar-refractivity contribution in [2.75, 3.05) is 11.9 Å². The number of unbranched alkanes of at least 4 members (excludes halogenated alkanes) is 1. The van der Waals surface area contributed by atoms with E-state index < -0.39 is 53.3 Å². The Kier molecular flexibility index (Phi) is 9.89. The van der Waals surface area contributed by atoms with Crippen molar-refractivity contribution < 1.29 is 28.7 Å². The Balaban J connectivity index is 1.91. The van der Waals surface area contributed by atoms with E-state index in [1.807, 2.05) is 51.1 Å². The van der Waals surface area contributed by atoms with Crippen LogP contribution < -0.4 is 10.6 Å². The van der Waals surface area contributed by atoms with Gasteiger partial charge in [-0.05, 0) is 55.4 Å². The Morgan fingerprint density at radius 1 is 1.15 bits per heavy atom. The van der Waals surface area contributed by atoms with Crippen LogP contribution in [-0.2, 0) is 9.59 Å². The summed E-state index contributed by atoms with van der Waals surface area (Å²) in [6, 6.07) is 10.8. The zero-order chi connectivity index (χ0) is 29.6. The maximum Gasteiger partial charge on any atom is 0.409 e. The quantitative estimate of drug-likeness (QED) is 0.325. The molecule has 0 radical (unpaired) electrons. The molecule has 1 fully saturated rings. The number of nitrogens with one attached hydrogen (secondary N) is 2. The molecular weight excluding hydrogens is 515 g/mol. The van der Waals surface area contributed by atoms with E-state index in [1.54, 1.807) is 13.8 Å². The van der Waals surface area contributed by atoms with Gasteiger partial charge in [-0.1, -0.05) is 70.0 Å². The van der Waals surface area contributed by atoms with Gasteiger partial charge in [0, 0.05) is 12.2 Å². The Morgan fingerprint density at radius 3 is 2.45 bits per heavy atom. The summed E-state index contributed by atoms with van der Waals surface area (Å²) in [5.41, 5.74) is 1.23. The Labute approximate surface area is 234 Å². The van der Waals surface area contributed by atoms with Gasteiger partial charge in [-0.15, -0.1) is 0 Å². The van der Waals surface area contributed by atoms with Crippen molar-refractivity contribution in [1.29, 1.82) is 0 Å². The molecule has 0 saturated carbocycles. The zero-order valence-electron chi connectivity index (χ0n) is 23.7. The average molecular weight is 555 g/mol. The third-order valence-electron chi connectivity index (χ3n) is 7.28. The fourth-order valence-electron chi connectivity index (χ4n) is 5.11. The van der Waals surface area contributed by atoms with Crippen LogP contribution in [0.1, 0.15) is 70.5 Å². The molecule has 3 rings (SSSR count). The van der Waals surface area contributed by atoms with Crippen molar-refractivity contribution in [3.05, 3.63) is 65.5 Å². The van der Waals surface area contributed by atoms with E-state index in [0.717, 1.165) is 10.5 Å². The number of hydrogen-bond acceptors (Lipinski definition) is 4. The van der Waals surface area contributed by atoms with E-state index in [4.69, 9.17) is 0 Å². The van der Waals surface area contributed by atoms with Crippen LogP contribution in [0.25, 0.3) is 0 Å². The first-order valence-electron chi connectivity index (χ1n) is 13.6. The number of halogens is 1. The first-order chi connectivity index (χ1) is 18.8. The van der Waals surface area contributed by atoms with Crippen molar-refractivity contribution in [2.24, 2.45) is 5.41 Å². The summed E-state index contributed by atoms with van der Waals surface area (Å²) in [7, 11) is 0. The summed E-state index contributed by atoms with van der Waals surface area (Å²) in [5, 5.41) is 15.8. The third-order valence-corrected chi connectivity index (χ3v) is 7.28. The van der Waals surface area contributed by atoms with Crippen molar-refractivity contribution in [1.82, 2.24) is 15.1 Å². The van der Waals surface area contributed by atoms with E-state index in [9.17, 15) is 28.7 Å². The van der Waals surface area contributed by atoms with Gasteiger partial charge < -0.3 is 20.6 Å².